The van der Waals surface area contributed by atoms with E-state index in [-0.39, 0.29) is 0 Å². The van der Waals surface area contributed by atoms with Crippen LogP contribution in [0.1, 0.15) is 42.7 Å². The predicted molar refractivity (Wildman–Crippen MR) is 92.8 cm³/mol. The molecule has 0 spiro atoms. The minimum absolute atomic E-state index is 0.342. The maximum atomic E-state index is 12.2. The van der Waals surface area contributed by atoms with Crippen molar-refractivity contribution in [3.8, 4) is 10.8 Å². The first-order chi connectivity index (χ1) is 11.8. The van der Waals surface area contributed by atoms with Crippen molar-refractivity contribution in [2.24, 2.45) is 5.92 Å². The monoisotopic (exact) mass is 342 g/mol. The van der Waals surface area contributed by atoms with E-state index in [9.17, 15) is 4.79 Å². The molecule has 3 aliphatic rings. The van der Waals surface area contributed by atoms with E-state index in [1.807, 2.05) is 23.7 Å². The Labute approximate surface area is 145 Å². The van der Waals surface area contributed by atoms with Crippen LogP contribution >= 0.6 is 11.3 Å². The SMILES string of the molecule is O=C1C[C@H](Cn2ccnc2-c2nc3c(s2)CCCC3)CN1C1CC1. The third kappa shape index (κ3) is 2.57. The number of nitrogens with zero attached hydrogens (tertiary/aromatic N) is 4. The smallest absolute Gasteiger partial charge is 0.223 e. The summed E-state index contributed by atoms with van der Waals surface area (Å²) in [6.45, 7) is 1.78. The standard InChI is InChI=1S/C18H22N4OS/c23-16-9-12(11-22(16)13-5-6-13)10-21-8-7-19-17(21)18-20-14-3-1-2-4-15(14)24-18/h7-8,12-13H,1-6,9-11H2/t12-/m1/s1. The van der Waals surface area contributed by atoms with E-state index >= 15 is 0 Å². The van der Waals surface area contributed by atoms with Gasteiger partial charge in [0.2, 0.25) is 5.91 Å². The molecule has 0 radical (unpaired) electrons. The number of hydrogen-bond donors (Lipinski definition) is 0. The molecule has 1 saturated carbocycles. The highest BCUT2D eigenvalue weighted by molar-refractivity contribution is 7.15. The van der Waals surface area contributed by atoms with E-state index in [0.717, 1.165) is 30.3 Å². The van der Waals surface area contributed by atoms with Crippen molar-refractivity contribution in [1.29, 1.82) is 0 Å². The fraction of sp³-hybridized carbons (Fsp3) is 0.611. The average Bonchev–Trinajstić information content (AvgIpc) is 3.01. The highest BCUT2D eigenvalue weighted by Gasteiger charge is 2.39. The topological polar surface area (TPSA) is 51.0 Å². The van der Waals surface area contributed by atoms with Gasteiger partial charge in [-0.3, -0.25) is 4.79 Å². The van der Waals surface area contributed by atoms with Gasteiger partial charge in [0.05, 0.1) is 5.69 Å². The number of imidazole rings is 1. The van der Waals surface area contributed by atoms with Gasteiger partial charge in [-0.15, -0.1) is 11.3 Å². The van der Waals surface area contributed by atoms with Crippen LogP contribution in [-0.4, -0.2) is 37.9 Å². The lowest BCUT2D eigenvalue weighted by molar-refractivity contribution is -0.128. The minimum Gasteiger partial charge on any atom is -0.339 e. The van der Waals surface area contributed by atoms with Crippen LogP contribution in [0.2, 0.25) is 0 Å². The van der Waals surface area contributed by atoms with Gasteiger partial charge in [-0.05, 0) is 38.5 Å². The summed E-state index contributed by atoms with van der Waals surface area (Å²) < 4.78 is 2.21. The Morgan fingerprint density at radius 3 is 2.96 bits per heavy atom. The van der Waals surface area contributed by atoms with Crippen LogP contribution in [-0.2, 0) is 24.2 Å². The minimum atomic E-state index is 0.342. The number of aryl methyl sites for hydroxylation is 2. The molecule has 1 amide bonds. The summed E-state index contributed by atoms with van der Waals surface area (Å²) in [4.78, 5) is 25.1. The Kier molecular flexibility index (Phi) is 3.47. The second kappa shape index (κ2) is 5.69. The zero-order chi connectivity index (χ0) is 16.1. The van der Waals surface area contributed by atoms with E-state index in [0.29, 0.717) is 24.3 Å². The molecule has 0 unspecified atom stereocenters. The van der Waals surface area contributed by atoms with E-state index in [2.05, 4.69) is 14.5 Å². The molecule has 0 aromatic carbocycles. The molecule has 0 N–H and O–H groups in total. The van der Waals surface area contributed by atoms with Crippen LogP contribution in [0.15, 0.2) is 12.4 Å². The average molecular weight is 342 g/mol. The van der Waals surface area contributed by atoms with Gasteiger partial charge in [-0.2, -0.15) is 0 Å². The lowest BCUT2D eigenvalue weighted by atomic mass is 10.0. The molecule has 5 nitrogen and oxygen atoms in total. The van der Waals surface area contributed by atoms with Crippen molar-refractivity contribution in [2.45, 2.75) is 57.5 Å². The predicted octanol–water partition coefficient (Wildman–Crippen LogP) is 2.90. The largest absolute Gasteiger partial charge is 0.339 e. The summed E-state index contributed by atoms with van der Waals surface area (Å²) in [7, 11) is 0. The third-order valence-corrected chi connectivity index (χ3v) is 6.59. The van der Waals surface area contributed by atoms with Crippen molar-refractivity contribution in [1.82, 2.24) is 19.4 Å². The number of thiazole rings is 1. The third-order valence-electron chi connectivity index (χ3n) is 5.43. The normalized spacial score (nSPS) is 23.8. The number of hydrogen-bond acceptors (Lipinski definition) is 4. The number of aromatic nitrogens is 3. The number of amides is 1. The number of rotatable bonds is 4. The molecule has 2 aliphatic carbocycles. The van der Waals surface area contributed by atoms with E-state index in [1.165, 1.54) is 42.7 Å². The maximum Gasteiger partial charge on any atom is 0.223 e. The zero-order valence-electron chi connectivity index (χ0n) is 13.8. The summed E-state index contributed by atoms with van der Waals surface area (Å²) in [5.41, 5.74) is 1.28. The maximum absolute atomic E-state index is 12.2. The fourth-order valence-corrected chi connectivity index (χ4v) is 5.21. The molecule has 6 heteroatoms. The molecule has 2 fully saturated rings. The summed E-state index contributed by atoms with van der Waals surface area (Å²) in [5, 5.41) is 1.05. The Bertz CT molecular complexity index is 752. The summed E-state index contributed by atoms with van der Waals surface area (Å²) in [5.74, 6) is 1.72. The number of carbonyl (C=O) groups is 1. The molecular weight excluding hydrogens is 320 g/mol. The molecule has 0 bridgehead atoms. The summed E-state index contributed by atoms with van der Waals surface area (Å²) in [6, 6.07) is 0.537. The van der Waals surface area contributed by atoms with E-state index < -0.39 is 0 Å². The first kappa shape index (κ1) is 14.6. The van der Waals surface area contributed by atoms with Gasteiger partial charge in [-0.1, -0.05) is 0 Å². The van der Waals surface area contributed by atoms with Crippen molar-refractivity contribution < 1.29 is 4.79 Å². The molecule has 1 atom stereocenters. The molecule has 2 aromatic heterocycles. The van der Waals surface area contributed by atoms with Gasteiger partial charge in [0.25, 0.3) is 0 Å². The van der Waals surface area contributed by atoms with Crippen molar-refractivity contribution >= 4 is 17.2 Å². The molecule has 1 aliphatic heterocycles. The zero-order valence-corrected chi connectivity index (χ0v) is 14.6. The van der Waals surface area contributed by atoms with Crippen molar-refractivity contribution in [2.75, 3.05) is 6.54 Å². The van der Waals surface area contributed by atoms with Crippen molar-refractivity contribution in [3.63, 3.8) is 0 Å². The molecule has 2 aromatic rings. The fourth-order valence-electron chi connectivity index (χ4n) is 4.05. The van der Waals surface area contributed by atoms with Gasteiger partial charge in [0.15, 0.2) is 10.8 Å². The Morgan fingerprint density at radius 1 is 1.25 bits per heavy atom. The molecule has 126 valence electrons. The van der Waals surface area contributed by atoms with Gasteiger partial charge in [-0.25, -0.2) is 9.97 Å². The van der Waals surface area contributed by atoms with Crippen LogP contribution in [0.4, 0.5) is 0 Å². The number of likely N-dealkylation sites (tertiary alicyclic amines) is 1. The molecular formula is C18H22N4OS. The van der Waals surface area contributed by atoms with Gasteiger partial charge in [0, 0.05) is 48.7 Å². The first-order valence-corrected chi connectivity index (χ1v) is 9.89. The lowest BCUT2D eigenvalue weighted by Crippen LogP contribution is -2.27. The summed E-state index contributed by atoms with van der Waals surface area (Å²) in [6.07, 6.45) is 11.8. The molecule has 1 saturated heterocycles. The van der Waals surface area contributed by atoms with Crippen LogP contribution in [0.3, 0.4) is 0 Å². The Balaban J connectivity index is 1.36. The Hall–Kier alpha value is -1.69. The van der Waals surface area contributed by atoms with Crippen LogP contribution < -0.4 is 0 Å². The second-order valence-electron chi connectivity index (χ2n) is 7.35. The molecule has 3 heterocycles. The quantitative estimate of drug-likeness (QED) is 0.858. The first-order valence-electron chi connectivity index (χ1n) is 9.07. The molecule has 5 rings (SSSR count). The van der Waals surface area contributed by atoms with E-state index in [4.69, 9.17) is 4.98 Å². The highest BCUT2D eigenvalue weighted by Crippen LogP contribution is 2.35. The van der Waals surface area contributed by atoms with Gasteiger partial charge < -0.3 is 9.47 Å². The highest BCUT2D eigenvalue weighted by atomic mass is 32.1. The second-order valence-corrected chi connectivity index (χ2v) is 8.43. The van der Waals surface area contributed by atoms with Crippen molar-refractivity contribution in [3.05, 3.63) is 23.0 Å². The van der Waals surface area contributed by atoms with Crippen LogP contribution in [0.5, 0.6) is 0 Å². The van der Waals surface area contributed by atoms with Gasteiger partial charge in [0.1, 0.15) is 0 Å². The summed E-state index contributed by atoms with van der Waals surface area (Å²) >= 11 is 1.81. The number of fused-ring (bicyclic) bond motifs is 1. The van der Waals surface area contributed by atoms with Crippen LogP contribution in [0, 0.1) is 5.92 Å². The number of carbonyl (C=O) groups excluding carboxylic acids is 1. The van der Waals surface area contributed by atoms with Crippen LogP contribution in [0.25, 0.3) is 10.8 Å². The Morgan fingerprint density at radius 2 is 2.12 bits per heavy atom. The lowest BCUT2D eigenvalue weighted by Gasteiger charge is -2.16. The molecule has 24 heavy (non-hydrogen) atoms. The van der Waals surface area contributed by atoms with E-state index in [1.54, 1.807) is 0 Å². The van der Waals surface area contributed by atoms with Gasteiger partial charge >= 0.3 is 0 Å².